The molecule has 0 bridgehead atoms. The van der Waals surface area contributed by atoms with Crippen LogP contribution in [0.4, 0.5) is 0 Å². The first kappa shape index (κ1) is 11.5. The van der Waals surface area contributed by atoms with Gasteiger partial charge in [-0.15, -0.1) is 0 Å². The number of hydrogen-bond acceptors (Lipinski definition) is 2. The van der Waals surface area contributed by atoms with Gasteiger partial charge in [0.1, 0.15) is 0 Å². The molecule has 80 valence electrons. The van der Waals surface area contributed by atoms with E-state index in [9.17, 15) is 4.79 Å². The van der Waals surface area contributed by atoms with Crippen LogP contribution < -0.4 is 11.5 Å². The standard InChI is InChI=1S/C12H16N2O/c1-12(14,11(13)15)9-5-8-10-6-3-2-4-7-10/h2-8H,9,14H2,1H3,(H2,13,15)/t12-/m1/s1. The average molecular weight is 204 g/mol. The van der Waals surface area contributed by atoms with Crippen LogP contribution >= 0.6 is 0 Å². The van der Waals surface area contributed by atoms with Crippen molar-refractivity contribution in [3.8, 4) is 0 Å². The lowest BCUT2D eigenvalue weighted by atomic mass is 9.98. The molecule has 1 aromatic carbocycles. The maximum Gasteiger partial charge on any atom is 0.237 e. The van der Waals surface area contributed by atoms with Gasteiger partial charge < -0.3 is 11.5 Å². The zero-order valence-electron chi connectivity index (χ0n) is 8.81. The third kappa shape index (κ3) is 3.56. The number of benzene rings is 1. The minimum atomic E-state index is -0.967. The van der Waals surface area contributed by atoms with Gasteiger partial charge in [0.15, 0.2) is 0 Å². The van der Waals surface area contributed by atoms with E-state index in [4.69, 9.17) is 11.5 Å². The van der Waals surface area contributed by atoms with Crippen LogP contribution in [-0.2, 0) is 4.79 Å². The van der Waals surface area contributed by atoms with Crippen LogP contribution in [0, 0.1) is 0 Å². The van der Waals surface area contributed by atoms with Gasteiger partial charge >= 0.3 is 0 Å². The molecule has 1 aromatic rings. The summed E-state index contributed by atoms with van der Waals surface area (Å²) in [6.07, 6.45) is 4.23. The summed E-state index contributed by atoms with van der Waals surface area (Å²) in [6, 6.07) is 9.82. The van der Waals surface area contributed by atoms with E-state index in [2.05, 4.69) is 0 Å². The molecule has 3 heteroatoms. The summed E-state index contributed by atoms with van der Waals surface area (Å²) in [4.78, 5) is 10.9. The molecule has 0 saturated carbocycles. The van der Waals surface area contributed by atoms with Gasteiger partial charge in [-0.25, -0.2) is 0 Å². The van der Waals surface area contributed by atoms with Gasteiger partial charge in [-0.05, 0) is 18.9 Å². The quantitative estimate of drug-likeness (QED) is 0.776. The molecule has 0 heterocycles. The molecule has 0 aliphatic heterocycles. The first-order valence-corrected chi connectivity index (χ1v) is 4.83. The Bertz CT molecular complexity index is 355. The van der Waals surface area contributed by atoms with E-state index < -0.39 is 11.4 Å². The summed E-state index contributed by atoms with van der Waals surface area (Å²) >= 11 is 0. The van der Waals surface area contributed by atoms with Gasteiger partial charge in [0.05, 0.1) is 5.54 Å². The molecule has 1 atom stereocenters. The van der Waals surface area contributed by atoms with Gasteiger partial charge in [-0.3, -0.25) is 4.79 Å². The van der Waals surface area contributed by atoms with Crippen molar-refractivity contribution in [2.24, 2.45) is 11.5 Å². The maximum atomic E-state index is 10.9. The summed E-state index contributed by atoms with van der Waals surface area (Å²) in [5.74, 6) is -0.486. The van der Waals surface area contributed by atoms with Crippen LogP contribution in [0.1, 0.15) is 18.9 Å². The Morgan fingerprint density at radius 1 is 1.40 bits per heavy atom. The molecule has 4 N–H and O–H groups in total. The monoisotopic (exact) mass is 204 g/mol. The van der Waals surface area contributed by atoms with Crippen molar-refractivity contribution in [1.29, 1.82) is 0 Å². The molecule has 0 fully saturated rings. The summed E-state index contributed by atoms with van der Waals surface area (Å²) in [5, 5.41) is 0. The van der Waals surface area contributed by atoms with Gasteiger partial charge in [-0.1, -0.05) is 42.5 Å². The number of nitrogens with two attached hydrogens (primary N) is 2. The van der Waals surface area contributed by atoms with Crippen LogP contribution in [0.2, 0.25) is 0 Å². The number of amides is 1. The molecule has 1 rings (SSSR count). The van der Waals surface area contributed by atoms with Crippen molar-refractivity contribution in [3.63, 3.8) is 0 Å². The Morgan fingerprint density at radius 3 is 2.53 bits per heavy atom. The molecule has 15 heavy (non-hydrogen) atoms. The second-order valence-electron chi connectivity index (χ2n) is 3.80. The van der Waals surface area contributed by atoms with E-state index in [1.54, 1.807) is 6.92 Å². The Balaban J connectivity index is 2.58. The van der Waals surface area contributed by atoms with Gasteiger partial charge in [0.25, 0.3) is 0 Å². The predicted octanol–water partition coefficient (Wildman–Crippen LogP) is 1.29. The third-order valence-electron chi connectivity index (χ3n) is 2.21. The van der Waals surface area contributed by atoms with Crippen molar-refractivity contribution in [3.05, 3.63) is 42.0 Å². The predicted molar refractivity (Wildman–Crippen MR) is 61.9 cm³/mol. The smallest absolute Gasteiger partial charge is 0.237 e. The molecule has 0 aliphatic carbocycles. The van der Waals surface area contributed by atoms with Crippen LogP contribution in [0.25, 0.3) is 6.08 Å². The van der Waals surface area contributed by atoms with Crippen LogP contribution in [0.5, 0.6) is 0 Å². The highest BCUT2D eigenvalue weighted by atomic mass is 16.1. The lowest BCUT2D eigenvalue weighted by Crippen LogP contribution is -2.48. The third-order valence-corrected chi connectivity index (χ3v) is 2.21. The molecule has 0 radical (unpaired) electrons. The number of hydrogen-bond donors (Lipinski definition) is 2. The molecule has 0 unspecified atom stereocenters. The molecular formula is C12H16N2O. The summed E-state index contributed by atoms with van der Waals surface area (Å²) in [5.41, 5.74) is 11.0. The van der Waals surface area contributed by atoms with E-state index in [1.165, 1.54) is 0 Å². The zero-order chi connectivity index (χ0) is 11.3. The fourth-order valence-electron chi connectivity index (χ4n) is 1.10. The van der Waals surface area contributed by atoms with Crippen molar-refractivity contribution in [2.75, 3.05) is 0 Å². The van der Waals surface area contributed by atoms with E-state index in [0.717, 1.165) is 5.56 Å². The Hall–Kier alpha value is -1.61. The minimum Gasteiger partial charge on any atom is -0.368 e. The highest BCUT2D eigenvalue weighted by Crippen LogP contribution is 2.08. The number of carbonyl (C=O) groups is 1. The second kappa shape index (κ2) is 4.75. The van der Waals surface area contributed by atoms with E-state index in [1.807, 2.05) is 42.5 Å². The number of rotatable bonds is 4. The van der Waals surface area contributed by atoms with Crippen molar-refractivity contribution < 1.29 is 4.79 Å². The summed E-state index contributed by atoms with van der Waals surface area (Å²) in [7, 11) is 0. The van der Waals surface area contributed by atoms with E-state index in [0.29, 0.717) is 6.42 Å². The fourth-order valence-corrected chi connectivity index (χ4v) is 1.10. The summed E-state index contributed by atoms with van der Waals surface area (Å²) in [6.45, 7) is 1.63. The van der Waals surface area contributed by atoms with Crippen LogP contribution in [0.15, 0.2) is 36.4 Å². The van der Waals surface area contributed by atoms with E-state index in [-0.39, 0.29) is 0 Å². The first-order chi connectivity index (χ1) is 7.02. The normalized spacial score (nSPS) is 15.1. The Labute approximate surface area is 89.8 Å². The second-order valence-corrected chi connectivity index (χ2v) is 3.80. The summed E-state index contributed by atoms with van der Waals surface area (Å²) < 4.78 is 0. The average Bonchev–Trinajstić information content (AvgIpc) is 2.19. The molecule has 0 saturated heterocycles. The highest BCUT2D eigenvalue weighted by Gasteiger charge is 2.23. The maximum absolute atomic E-state index is 10.9. The van der Waals surface area contributed by atoms with Crippen molar-refractivity contribution in [2.45, 2.75) is 18.9 Å². The molecular weight excluding hydrogens is 188 g/mol. The van der Waals surface area contributed by atoms with E-state index >= 15 is 0 Å². The number of primary amides is 1. The van der Waals surface area contributed by atoms with Crippen LogP contribution in [-0.4, -0.2) is 11.4 Å². The largest absolute Gasteiger partial charge is 0.368 e. The molecule has 1 amide bonds. The van der Waals surface area contributed by atoms with Crippen molar-refractivity contribution in [1.82, 2.24) is 0 Å². The lowest BCUT2D eigenvalue weighted by Gasteiger charge is -2.17. The van der Waals surface area contributed by atoms with Gasteiger partial charge in [0, 0.05) is 0 Å². The topological polar surface area (TPSA) is 69.1 Å². The SMILES string of the molecule is C[C@@](N)(CC=Cc1ccccc1)C(N)=O. The molecule has 0 aliphatic rings. The fraction of sp³-hybridized carbons (Fsp3) is 0.250. The molecule has 0 aromatic heterocycles. The molecule has 3 nitrogen and oxygen atoms in total. The zero-order valence-corrected chi connectivity index (χ0v) is 8.81. The van der Waals surface area contributed by atoms with Gasteiger partial charge in [-0.2, -0.15) is 0 Å². The highest BCUT2D eigenvalue weighted by molar-refractivity contribution is 5.84. The lowest BCUT2D eigenvalue weighted by molar-refractivity contribution is -0.122. The van der Waals surface area contributed by atoms with Crippen molar-refractivity contribution >= 4 is 12.0 Å². The molecule has 0 spiro atoms. The Kier molecular flexibility index (Phi) is 3.63. The van der Waals surface area contributed by atoms with Crippen LogP contribution in [0.3, 0.4) is 0 Å². The number of carbonyl (C=O) groups excluding carboxylic acids is 1. The van der Waals surface area contributed by atoms with Gasteiger partial charge in [0.2, 0.25) is 5.91 Å². The first-order valence-electron chi connectivity index (χ1n) is 4.83. The minimum absolute atomic E-state index is 0.442. The Morgan fingerprint density at radius 2 is 2.00 bits per heavy atom.